The summed E-state index contributed by atoms with van der Waals surface area (Å²) < 4.78 is 2.19. The maximum absolute atomic E-state index is 12.9. The molecule has 2 fully saturated rings. The Morgan fingerprint density at radius 2 is 1.96 bits per heavy atom. The van der Waals surface area contributed by atoms with Crippen LogP contribution in [-0.2, 0) is 4.79 Å². The molecule has 2 heterocycles. The molecule has 1 saturated carbocycles. The minimum atomic E-state index is -0.271. The molecule has 2 aliphatic rings. The van der Waals surface area contributed by atoms with Crippen LogP contribution in [0.4, 0.5) is 5.69 Å². The average Bonchev–Trinajstić information content (AvgIpc) is 3.44. The van der Waals surface area contributed by atoms with Crippen LogP contribution in [0.2, 0.25) is 0 Å². The van der Waals surface area contributed by atoms with Crippen molar-refractivity contribution >= 4 is 17.5 Å². The summed E-state index contributed by atoms with van der Waals surface area (Å²) in [5.41, 5.74) is 1.27. The van der Waals surface area contributed by atoms with E-state index in [4.69, 9.17) is 0 Å². The van der Waals surface area contributed by atoms with Crippen LogP contribution in [0.5, 0.6) is 0 Å². The fraction of sp³-hybridized carbons (Fsp3) is 0.400. The predicted molar refractivity (Wildman–Crippen MR) is 101 cm³/mol. The van der Waals surface area contributed by atoms with Gasteiger partial charge >= 0.3 is 0 Å². The van der Waals surface area contributed by atoms with E-state index >= 15 is 0 Å². The van der Waals surface area contributed by atoms with Gasteiger partial charge in [-0.25, -0.2) is 0 Å². The molecule has 4 rings (SSSR count). The molecule has 1 aromatic carbocycles. The number of anilines is 1. The second-order valence-corrected chi connectivity index (χ2v) is 7.19. The van der Waals surface area contributed by atoms with Crippen LogP contribution in [0, 0.1) is 0 Å². The lowest BCUT2D eigenvalue weighted by atomic mass is 9.96. The summed E-state index contributed by atoms with van der Waals surface area (Å²) >= 11 is 0. The first kappa shape index (κ1) is 17.5. The summed E-state index contributed by atoms with van der Waals surface area (Å²) in [6.07, 6.45) is 7.41. The van der Waals surface area contributed by atoms with Crippen molar-refractivity contribution in [2.24, 2.45) is 0 Å². The molecule has 27 heavy (non-hydrogen) atoms. The average molecular weight is 365 g/mol. The smallest absolute Gasteiger partial charge is 0.253 e. The van der Waals surface area contributed by atoms with E-state index in [1.54, 1.807) is 24.3 Å². The SMILES string of the molecule is C=CC(=O)Nc1ccc(C(=O)N2CCCC(c3nncn3C3CC3)C2)cc1. The second kappa shape index (κ2) is 7.34. The van der Waals surface area contributed by atoms with Gasteiger partial charge in [0.15, 0.2) is 0 Å². The molecule has 1 aromatic heterocycles. The van der Waals surface area contributed by atoms with Crippen LogP contribution in [0.3, 0.4) is 0 Å². The lowest BCUT2D eigenvalue weighted by Gasteiger charge is -2.32. The van der Waals surface area contributed by atoms with Crippen LogP contribution < -0.4 is 5.32 Å². The normalized spacial score (nSPS) is 19.6. The number of aromatic nitrogens is 3. The molecule has 2 amide bonds. The van der Waals surface area contributed by atoms with Crippen molar-refractivity contribution < 1.29 is 9.59 Å². The minimum absolute atomic E-state index is 0.0128. The third-order valence-corrected chi connectivity index (χ3v) is 5.20. The molecule has 1 N–H and O–H groups in total. The zero-order chi connectivity index (χ0) is 18.8. The fourth-order valence-electron chi connectivity index (χ4n) is 3.62. The quantitative estimate of drug-likeness (QED) is 0.826. The highest BCUT2D eigenvalue weighted by Gasteiger charge is 2.32. The zero-order valence-corrected chi connectivity index (χ0v) is 15.2. The lowest BCUT2D eigenvalue weighted by Crippen LogP contribution is -2.39. The highest BCUT2D eigenvalue weighted by atomic mass is 16.2. The van der Waals surface area contributed by atoms with Crippen molar-refractivity contribution in [2.75, 3.05) is 18.4 Å². The number of benzene rings is 1. The van der Waals surface area contributed by atoms with Crippen LogP contribution in [0.15, 0.2) is 43.2 Å². The number of nitrogens with one attached hydrogen (secondary N) is 1. The molecule has 1 saturated heterocycles. The molecule has 7 nitrogen and oxygen atoms in total. The van der Waals surface area contributed by atoms with Gasteiger partial charge in [-0.05, 0) is 56.0 Å². The molecule has 7 heteroatoms. The number of hydrogen-bond donors (Lipinski definition) is 1. The Kier molecular flexibility index (Phi) is 4.75. The van der Waals surface area contributed by atoms with E-state index in [-0.39, 0.29) is 17.7 Å². The first-order valence-electron chi connectivity index (χ1n) is 9.38. The predicted octanol–water partition coefficient (Wildman–Crippen LogP) is 2.76. The molecule has 1 atom stereocenters. The van der Waals surface area contributed by atoms with Crippen molar-refractivity contribution in [3.8, 4) is 0 Å². The number of piperidine rings is 1. The van der Waals surface area contributed by atoms with E-state index < -0.39 is 0 Å². The van der Waals surface area contributed by atoms with Gasteiger partial charge in [0, 0.05) is 36.3 Å². The molecule has 1 aliphatic heterocycles. The second-order valence-electron chi connectivity index (χ2n) is 7.19. The number of likely N-dealkylation sites (tertiary alicyclic amines) is 1. The van der Waals surface area contributed by atoms with E-state index in [0.29, 0.717) is 23.8 Å². The van der Waals surface area contributed by atoms with Crippen LogP contribution in [0.1, 0.15) is 53.8 Å². The molecule has 1 unspecified atom stereocenters. The molecule has 1 aliphatic carbocycles. The van der Waals surface area contributed by atoms with Gasteiger partial charge in [0.1, 0.15) is 12.2 Å². The summed E-state index contributed by atoms with van der Waals surface area (Å²) in [4.78, 5) is 26.2. The topological polar surface area (TPSA) is 80.1 Å². The fourth-order valence-corrected chi connectivity index (χ4v) is 3.62. The maximum Gasteiger partial charge on any atom is 0.253 e. The molecule has 0 radical (unpaired) electrons. The van der Waals surface area contributed by atoms with E-state index in [0.717, 1.165) is 25.2 Å². The summed E-state index contributed by atoms with van der Waals surface area (Å²) in [6.45, 7) is 4.85. The minimum Gasteiger partial charge on any atom is -0.338 e. The third-order valence-electron chi connectivity index (χ3n) is 5.20. The summed E-state index contributed by atoms with van der Waals surface area (Å²) in [5.74, 6) is 0.987. The Morgan fingerprint density at radius 1 is 1.19 bits per heavy atom. The van der Waals surface area contributed by atoms with Crippen LogP contribution >= 0.6 is 0 Å². The highest BCUT2D eigenvalue weighted by molar-refractivity contribution is 5.99. The number of carbonyl (C=O) groups is 2. The van der Waals surface area contributed by atoms with Crippen molar-refractivity contribution in [2.45, 2.75) is 37.6 Å². The summed E-state index contributed by atoms with van der Waals surface area (Å²) in [7, 11) is 0. The van der Waals surface area contributed by atoms with Crippen molar-refractivity contribution in [1.29, 1.82) is 0 Å². The van der Waals surface area contributed by atoms with Gasteiger partial charge in [-0.3, -0.25) is 9.59 Å². The summed E-state index contributed by atoms with van der Waals surface area (Å²) in [5, 5.41) is 11.1. The lowest BCUT2D eigenvalue weighted by molar-refractivity contribution is -0.111. The van der Waals surface area contributed by atoms with E-state index in [9.17, 15) is 9.59 Å². The van der Waals surface area contributed by atoms with E-state index in [1.165, 1.54) is 18.9 Å². The number of rotatable bonds is 5. The Morgan fingerprint density at radius 3 is 2.67 bits per heavy atom. The molecule has 140 valence electrons. The van der Waals surface area contributed by atoms with Gasteiger partial charge in [0.25, 0.3) is 5.91 Å². The van der Waals surface area contributed by atoms with Gasteiger partial charge in [-0.2, -0.15) is 0 Å². The number of hydrogen-bond acceptors (Lipinski definition) is 4. The number of nitrogens with zero attached hydrogens (tertiary/aromatic N) is 4. The Balaban J connectivity index is 1.44. The van der Waals surface area contributed by atoms with Gasteiger partial charge in [-0.1, -0.05) is 6.58 Å². The first-order valence-corrected chi connectivity index (χ1v) is 9.38. The van der Waals surface area contributed by atoms with Gasteiger partial charge in [0.2, 0.25) is 5.91 Å². The summed E-state index contributed by atoms with van der Waals surface area (Å²) in [6, 6.07) is 7.51. The molecular formula is C20H23N5O2. The Labute approximate surface area is 158 Å². The van der Waals surface area contributed by atoms with Crippen LogP contribution in [0.25, 0.3) is 0 Å². The molecule has 0 spiro atoms. The van der Waals surface area contributed by atoms with Crippen molar-refractivity contribution in [1.82, 2.24) is 19.7 Å². The zero-order valence-electron chi connectivity index (χ0n) is 15.2. The van der Waals surface area contributed by atoms with Crippen molar-refractivity contribution in [3.63, 3.8) is 0 Å². The molecule has 2 aromatic rings. The molecular weight excluding hydrogens is 342 g/mol. The number of carbonyl (C=O) groups excluding carboxylic acids is 2. The third kappa shape index (κ3) is 3.77. The van der Waals surface area contributed by atoms with E-state index in [2.05, 4.69) is 26.7 Å². The molecule has 0 bridgehead atoms. The Hall–Kier alpha value is -2.96. The van der Waals surface area contributed by atoms with Crippen molar-refractivity contribution in [3.05, 3.63) is 54.6 Å². The van der Waals surface area contributed by atoms with Gasteiger partial charge < -0.3 is 14.8 Å². The van der Waals surface area contributed by atoms with Crippen LogP contribution in [-0.4, -0.2) is 44.6 Å². The highest BCUT2D eigenvalue weighted by Crippen LogP contribution is 2.38. The monoisotopic (exact) mass is 365 g/mol. The van der Waals surface area contributed by atoms with E-state index in [1.807, 2.05) is 11.2 Å². The largest absolute Gasteiger partial charge is 0.338 e. The van der Waals surface area contributed by atoms with Gasteiger partial charge in [-0.15, -0.1) is 10.2 Å². The number of amides is 2. The van der Waals surface area contributed by atoms with Gasteiger partial charge in [0.05, 0.1) is 0 Å². The standard InChI is InChI=1S/C20H23N5O2/c1-2-18(26)22-16-7-5-14(6-8-16)20(27)24-11-3-4-15(12-24)19-23-21-13-25(19)17-9-10-17/h2,5-8,13,15,17H,1,3-4,9-12H2,(H,22,26). The first-order chi connectivity index (χ1) is 13.2. The maximum atomic E-state index is 12.9. The Bertz CT molecular complexity index is 854.